The van der Waals surface area contributed by atoms with Crippen LogP contribution in [0.15, 0.2) is 138 Å². The molecule has 5 aromatic carbocycles. The molecule has 0 saturated carbocycles. The van der Waals surface area contributed by atoms with Crippen LogP contribution in [-0.2, 0) is 9.59 Å². The molecule has 0 bridgehead atoms. The van der Waals surface area contributed by atoms with Crippen molar-refractivity contribution in [3.63, 3.8) is 0 Å². The number of ether oxygens (including phenoxy) is 3. The number of hydrogen-bond acceptors (Lipinski definition) is 7. The molecule has 0 aromatic heterocycles. The van der Waals surface area contributed by atoms with E-state index in [1.165, 1.54) is 32.1 Å². The van der Waals surface area contributed by atoms with Gasteiger partial charge in [0.25, 0.3) is 11.8 Å². The molecule has 0 aliphatic heterocycles. The maximum Gasteiger partial charge on any atom is 0.272 e. The minimum absolute atomic E-state index is 0.00646. The Morgan fingerprint density at radius 1 is 0.667 bits per heavy atom. The number of methoxy groups -OCH3 is 2. The average molecular weight is 660 g/mol. The van der Waals surface area contributed by atoms with Crippen LogP contribution in [0, 0.1) is 0 Å². The highest BCUT2D eigenvalue weighted by Gasteiger charge is 2.17. The van der Waals surface area contributed by atoms with Crippen molar-refractivity contribution in [2.75, 3.05) is 30.6 Å². The molecule has 10 heteroatoms. The monoisotopic (exact) mass is 659 g/mol. The highest BCUT2D eigenvalue weighted by Crippen LogP contribution is 2.27. The van der Waals surface area contributed by atoms with Crippen molar-refractivity contribution >= 4 is 46.9 Å². The molecule has 0 spiro atoms. The summed E-state index contributed by atoms with van der Waals surface area (Å²) in [6.45, 7) is 0. The predicted molar refractivity (Wildman–Crippen MR) is 189 cm³/mol. The van der Waals surface area contributed by atoms with Crippen LogP contribution >= 0.6 is 11.8 Å². The minimum atomic E-state index is -0.552. The van der Waals surface area contributed by atoms with Crippen LogP contribution in [0.3, 0.4) is 0 Å². The van der Waals surface area contributed by atoms with E-state index in [0.29, 0.717) is 39.8 Å². The van der Waals surface area contributed by atoms with E-state index in [1.807, 2.05) is 36.4 Å². The molecule has 0 atom stereocenters. The Hall–Kier alpha value is -6.00. The summed E-state index contributed by atoms with van der Waals surface area (Å²) in [5.41, 5.74) is 2.04. The number of carbonyl (C=O) groups excluding carboxylic acids is 3. The van der Waals surface area contributed by atoms with Crippen LogP contribution in [0.2, 0.25) is 0 Å². The first-order chi connectivity index (χ1) is 23.4. The SMILES string of the molecule is COc1ccc(OC)c(/C=C(/NC(=O)c2ccccc2)C(=O)Nc2cccc(SCC(=O)Nc3ccc(Oc4ccccc4)cc3)c2)c1. The fraction of sp³-hybridized carbons (Fsp3) is 0.0789. The van der Waals surface area contributed by atoms with Gasteiger partial charge >= 0.3 is 0 Å². The highest BCUT2D eigenvalue weighted by atomic mass is 32.2. The van der Waals surface area contributed by atoms with Gasteiger partial charge in [-0.3, -0.25) is 14.4 Å². The van der Waals surface area contributed by atoms with E-state index in [1.54, 1.807) is 91.0 Å². The lowest BCUT2D eigenvalue weighted by Gasteiger charge is -2.14. The third-order valence-corrected chi connectivity index (χ3v) is 7.84. The Kier molecular flexibility index (Phi) is 11.5. The van der Waals surface area contributed by atoms with Crippen LogP contribution in [0.5, 0.6) is 23.0 Å². The Labute approximate surface area is 282 Å². The van der Waals surface area contributed by atoms with Crippen molar-refractivity contribution in [1.82, 2.24) is 5.32 Å². The van der Waals surface area contributed by atoms with Gasteiger partial charge in [-0.05, 0) is 91.0 Å². The summed E-state index contributed by atoms with van der Waals surface area (Å²) in [4.78, 5) is 40.1. The summed E-state index contributed by atoms with van der Waals surface area (Å²) >= 11 is 1.32. The molecular weight excluding hydrogens is 626 g/mol. The lowest BCUT2D eigenvalue weighted by atomic mass is 10.1. The number of anilines is 2. The molecule has 3 amide bonds. The number of benzene rings is 5. The summed E-state index contributed by atoms with van der Waals surface area (Å²) in [5, 5.41) is 8.47. The first-order valence-electron chi connectivity index (χ1n) is 14.9. The van der Waals surface area contributed by atoms with E-state index in [4.69, 9.17) is 14.2 Å². The fourth-order valence-electron chi connectivity index (χ4n) is 4.49. The zero-order chi connectivity index (χ0) is 33.7. The molecule has 0 unspecified atom stereocenters. The number of nitrogens with one attached hydrogen (secondary N) is 3. The Bertz CT molecular complexity index is 1900. The molecule has 0 fully saturated rings. The van der Waals surface area contributed by atoms with Crippen LogP contribution in [0.4, 0.5) is 11.4 Å². The van der Waals surface area contributed by atoms with E-state index < -0.39 is 11.8 Å². The number of carbonyl (C=O) groups is 3. The topological polar surface area (TPSA) is 115 Å². The van der Waals surface area contributed by atoms with Crippen molar-refractivity contribution in [1.29, 1.82) is 0 Å². The lowest BCUT2D eigenvalue weighted by molar-refractivity contribution is -0.114. The Morgan fingerprint density at radius 2 is 1.35 bits per heavy atom. The number of rotatable bonds is 13. The van der Waals surface area contributed by atoms with E-state index >= 15 is 0 Å². The van der Waals surface area contributed by atoms with Gasteiger partial charge in [-0.1, -0.05) is 42.5 Å². The van der Waals surface area contributed by atoms with Crippen LogP contribution in [0.1, 0.15) is 15.9 Å². The first kappa shape index (κ1) is 33.4. The van der Waals surface area contributed by atoms with Gasteiger partial charge in [0.15, 0.2) is 0 Å². The van der Waals surface area contributed by atoms with Gasteiger partial charge in [-0.15, -0.1) is 11.8 Å². The first-order valence-corrected chi connectivity index (χ1v) is 15.9. The van der Waals surface area contributed by atoms with Gasteiger partial charge < -0.3 is 30.2 Å². The molecule has 0 heterocycles. The molecule has 0 aliphatic carbocycles. The second-order valence-electron chi connectivity index (χ2n) is 10.2. The summed E-state index contributed by atoms with van der Waals surface area (Å²) < 4.78 is 16.6. The summed E-state index contributed by atoms with van der Waals surface area (Å²) in [6, 6.07) is 37.4. The zero-order valence-corrected chi connectivity index (χ0v) is 27.1. The molecule has 5 rings (SSSR count). The second-order valence-corrected chi connectivity index (χ2v) is 11.3. The van der Waals surface area contributed by atoms with Gasteiger partial charge in [-0.2, -0.15) is 0 Å². The van der Waals surface area contributed by atoms with Crippen LogP contribution in [-0.4, -0.2) is 37.7 Å². The van der Waals surface area contributed by atoms with Crippen molar-refractivity contribution < 1.29 is 28.6 Å². The third-order valence-electron chi connectivity index (χ3n) is 6.84. The lowest BCUT2D eigenvalue weighted by Crippen LogP contribution is -2.30. The van der Waals surface area contributed by atoms with Gasteiger partial charge in [0, 0.05) is 27.4 Å². The number of hydrogen-bond donors (Lipinski definition) is 3. The van der Waals surface area contributed by atoms with Crippen LogP contribution in [0.25, 0.3) is 6.08 Å². The van der Waals surface area contributed by atoms with Gasteiger partial charge in [0.2, 0.25) is 5.91 Å². The van der Waals surface area contributed by atoms with Crippen molar-refractivity contribution in [3.8, 4) is 23.0 Å². The summed E-state index contributed by atoms with van der Waals surface area (Å²) in [5.74, 6) is 1.39. The van der Waals surface area contributed by atoms with E-state index in [9.17, 15) is 14.4 Å². The van der Waals surface area contributed by atoms with E-state index in [-0.39, 0.29) is 17.4 Å². The average Bonchev–Trinajstić information content (AvgIpc) is 3.12. The third kappa shape index (κ3) is 9.51. The van der Waals surface area contributed by atoms with Gasteiger partial charge in [0.05, 0.1) is 20.0 Å². The largest absolute Gasteiger partial charge is 0.497 e. The normalized spacial score (nSPS) is 10.8. The van der Waals surface area contributed by atoms with Crippen molar-refractivity contribution in [3.05, 3.63) is 144 Å². The zero-order valence-electron chi connectivity index (χ0n) is 26.3. The smallest absolute Gasteiger partial charge is 0.272 e. The number of thioether (sulfide) groups is 1. The van der Waals surface area contributed by atoms with Crippen molar-refractivity contribution in [2.24, 2.45) is 0 Å². The quantitative estimate of drug-likeness (QED) is 0.0879. The standard InChI is InChI=1S/C38H33N3O6S/c1-45-32-20-21-35(46-2)27(22-32)23-34(41-37(43)26-10-5-3-6-11-26)38(44)40-29-12-9-15-33(24-29)48-25-36(42)39-28-16-18-31(19-17-28)47-30-13-7-4-8-14-30/h3-24H,25H2,1-2H3,(H,39,42)(H,40,44)(H,41,43)/b34-23+. The maximum absolute atomic E-state index is 13.6. The Balaban J connectivity index is 1.24. The molecule has 3 N–H and O–H groups in total. The maximum atomic E-state index is 13.6. The molecule has 5 aromatic rings. The van der Waals surface area contributed by atoms with Gasteiger partial charge in [0.1, 0.15) is 28.7 Å². The van der Waals surface area contributed by atoms with Crippen LogP contribution < -0.4 is 30.2 Å². The highest BCUT2D eigenvalue weighted by molar-refractivity contribution is 8.00. The second kappa shape index (κ2) is 16.5. The number of amides is 3. The Morgan fingerprint density at radius 3 is 2.06 bits per heavy atom. The summed E-state index contributed by atoms with van der Waals surface area (Å²) in [6.07, 6.45) is 1.53. The molecule has 0 radical (unpaired) electrons. The molecule has 9 nitrogen and oxygen atoms in total. The van der Waals surface area contributed by atoms with E-state index in [2.05, 4.69) is 16.0 Å². The van der Waals surface area contributed by atoms with Crippen molar-refractivity contribution in [2.45, 2.75) is 4.90 Å². The predicted octanol–water partition coefficient (Wildman–Crippen LogP) is 7.64. The molecule has 242 valence electrons. The molecule has 0 saturated heterocycles. The summed E-state index contributed by atoms with van der Waals surface area (Å²) in [7, 11) is 3.05. The fourth-order valence-corrected chi connectivity index (χ4v) is 5.24. The van der Waals surface area contributed by atoms with E-state index in [0.717, 1.165) is 10.6 Å². The molecule has 0 aliphatic rings. The number of para-hydroxylation sites is 1. The minimum Gasteiger partial charge on any atom is -0.497 e. The molecule has 48 heavy (non-hydrogen) atoms. The van der Waals surface area contributed by atoms with Gasteiger partial charge in [-0.25, -0.2) is 0 Å². The molecular formula is C38H33N3O6S.